The van der Waals surface area contributed by atoms with Gasteiger partial charge in [-0.2, -0.15) is 5.48 Å². The van der Waals surface area contributed by atoms with Crippen LogP contribution >= 0.6 is 0 Å². The maximum Gasteiger partial charge on any atom is 0.332 e. The Hall–Kier alpha value is -0.437. The van der Waals surface area contributed by atoms with Gasteiger partial charge in [0.1, 0.15) is 0 Å². The SMILES string of the molecule is CCCCCC(=O)ONC(C)=O.[Zn]. The van der Waals surface area contributed by atoms with Crippen LogP contribution in [-0.2, 0) is 33.9 Å². The fourth-order valence-corrected chi connectivity index (χ4v) is 0.699. The van der Waals surface area contributed by atoms with Crippen molar-refractivity contribution in [3.05, 3.63) is 0 Å². The second-order valence-corrected chi connectivity index (χ2v) is 2.59. The molecule has 5 heteroatoms. The van der Waals surface area contributed by atoms with Crippen molar-refractivity contribution in [3.8, 4) is 0 Å². The predicted molar refractivity (Wildman–Crippen MR) is 44.1 cm³/mol. The third-order valence-corrected chi connectivity index (χ3v) is 1.29. The zero-order valence-electron chi connectivity index (χ0n) is 8.26. The van der Waals surface area contributed by atoms with Gasteiger partial charge in [0.15, 0.2) is 0 Å². The Bertz CT molecular complexity index is 161. The second kappa shape index (κ2) is 9.65. The first-order valence-electron chi connectivity index (χ1n) is 4.13. The molecule has 0 fully saturated rings. The van der Waals surface area contributed by atoms with E-state index in [1.54, 1.807) is 0 Å². The number of hydroxylamine groups is 1. The molecule has 13 heavy (non-hydrogen) atoms. The summed E-state index contributed by atoms with van der Waals surface area (Å²) in [5, 5.41) is 0. The zero-order valence-corrected chi connectivity index (χ0v) is 11.2. The molecule has 72 valence electrons. The number of rotatable bonds is 4. The average molecular weight is 239 g/mol. The first-order chi connectivity index (χ1) is 5.66. The van der Waals surface area contributed by atoms with Crippen molar-refractivity contribution in [2.24, 2.45) is 0 Å². The number of unbranched alkanes of at least 4 members (excludes halogenated alkanes) is 2. The van der Waals surface area contributed by atoms with Crippen LogP contribution in [0.15, 0.2) is 0 Å². The maximum atomic E-state index is 10.8. The van der Waals surface area contributed by atoms with E-state index in [1.807, 2.05) is 5.48 Å². The molecule has 1 N–H and O–H groups in total. The van der Waals surface area contributed by atoms with Crippen LogP contribution in [0.1, 0.15) is 39.5 Å². The molecule has 0 radical (unpaired) electrons. The van der Waals surface area contributed by atoms with Gasteiger partial charge in [-0.05, 0) is 6.42 Å². The average Bonchev–Trinajstić information content (AvgIpc) is 2.01. The van der Waals surface area contributed by atoms with Gasteiger partial charge >= 0.3 is 5.97 Å². The van der Waals surface area contributed by atoms with Crippen molar-refractivity contribution in [2.75, 3.05) is 0 Å². The van der Waals surface area contributed by atoms with Crippen molar-refractivity contribution in [2.45, 2.75) is 39.5 Å². The molecule has 0 saturated carbocycles. The Morgan fingerprint density at radius 2 is 1.92 bits per heavy atom. The van der Waals surface area contributed by atoms with Gasteiger partial charge in [-0.1, -0.05) is 19.8 Å². The first kappa shape index (κ1) is 15.1. The van der Waals surface area contributed by atoms with Gasteiger partial charge in [-0.15, -0.1) is 0 Å². The molecule has 0 aromatic heterocycles. The van der Waals surface area contributed by atoms with Gasteiger partial charge in [-0.25, -0.2) is 4.79 Å². The molecule has 0 aliphatic carbocycles. The summed E-state index contributed by atoms with van der Waals surface area (Å²) < 4.78 is 0. The van der Waals surface area contributed by atoms with Gasteiger partial charge in [-0.3, -0.25) is 4.79 Å². The van der Waals surface area contributed by atoms with Gasteiger partial charge in [0.2, 0.25) is 5.91 Å². The molecule has 0 bridgehead atoms. The fraction of sp³-hybridized carbons (Fsp3) is 0.750. The summed E-state index contributed by atoms with van der Waals surface area (Å²) in [6.45, 7) is 3.35. The van der Waals surface area contributed by atoms with Crippen molar-refractivity contribution < 1.29 is 33.9 Å². The summed E-state index contributed by atoms with van der Waals surface area (Å²) >= 11 is 0. The number of carbonyl (C=O) groups is 2. The monoisotopic (exact) mass is 237 g/mol. The van der Waals surface area contributed by atoms with E-state index in [1.165, 1.54) is 6.92 Å². The van der Waals surface area contributed by atoms with Crippen molar-refractivity contribution in [1.82, 2.24) is 5.48 Å². The summed E-state index contributed by atoms with van der Waals surface area (Å²) in [4.78, 5) is 25.5. The quantitative estimate of drug-likeness (QED) is 0.454. The van der Waals surface area contributed by atoms with E-state index in [4.69, 9.17) is 0 Å². The van der Waals surface area contributed by atoms with Crippen molar-refractivity contribution in [3.63, 3.8) is 0 Å². The van der Waals surface area contributed by atoms with Crippen LogP contribution in [0.2, 0.25) is 0 Å². The molecule has 0 aliphatic heterocycles. The second-order valence-electron chi connectivity index (χ2n) is 2.59. The van der Waals surface area contributed by atoms with Gasteiger partial charge in [0.25, 0.3) is 0 Å². The molecule has 1 amide bonds. The third kappa shape index (κ3) is 11.6. The van der Waals surface area contributed by atoms with E-state index in [0.29, 0.717) is 6.42 Å². The smallest absolute Gasteiger partial charge is 0.332 e. The molecule has 0 unspecified atom stereocenters. The van der Waals surface area contributed by atoms with E-state index < -0.39 is 0 Å². The molecule has 0 heterocycles. The standard InChI is InChI=1S/C8H15NO3.Zn/c1-3-4-5-6-8(11)12-9-7(2)10;/h3-6H2,1-2H3,(H,9,10);. The van der Waals surface area contributed by atoms with E-state index in [-0.39, 0.29) is 31.4 Å². The van der Waals surface area contributed by atoms with Crippen LogP contribution in [0.25, 0.3) is 0 Å². The molecule has 0 aromatic rings. The zero-order chi connectivity index (χ0) is 9.40. The maximum absolute atomic E-state index is 10.8. The Morgan fingerprint density at radius 1 is 1.31 bits per heavy atom. The van der Waals surface area contributed by atoms with Gasteiger partial charge in [0, 0.05) is 32.8 Å². The predicted octanol–water partition coefficient (Wildman–Crippen LogP) is 1.16. The fourth-order valence-electron chi connectivity index (χ4n) is 0.699. The topological polar surface area (TPSA) is 55.4 Å². The third-order valence-electron chi connectivity index (χ3n) is 1.29. The van der Waals surface area contributed by atoms with Crippen LogP contribution in [0.3, 0.4) is 0 Å². The molecule has 0 saturated heterocycles. The molecule has 0 aliphatic rings. The molecule has 0 aromatic carbocycles. The Kier molecular flexibility index (Phi) is 11.2. The molecule has 0 spiro atoms. The van der Waals surface area contributed by atoms with Crippen LogP contribution < -0.4 is 5.48 Å². The molecular formula is C8H15NO3Zn. The molecule has 0 rings (SSSR count). The number of carbonyl (C=O) groups excluding carboxylic acids is 2. The van der Waals surface area contributed by atoms with E-state index >= 15 is 0 Å². The van der Waals surface area contributed by atoms with Crippen LogP contribution in [-0.4, -0.2) is 11.9 Å². The largest absolute Gasteiger partial charge is 0.341 e. The van der Waals surface area contributed by atoms with Gasteiger partial charge < -0.3 is 4.84 Å². The Labute approximate surface area is 91.1 Å². The summed E-state index contributed by atoms with van der Waals surface area (Å²) in [5.74, 6) is -0.738. The summed E-state index contributed by atoms with van der Waals surface area (Å²) in [7, 11) is 0. The van der Waals surface area contributed by atoms with Crippen molar-refractivity contribution in [1.29, 1.82) is 0 Å². The van der Waals surface area contributed by atoms with E-state index in [0.717, 1.165) is 19.3 Å². The minimum absolute atomic E-state index is 0. The van der Waals surface area contributed by atoms with E-state index in [2.05, 4.69) is 11.8 Å². The number of hydrogen-bond donors (Lipinski definition) is 1. The summed E-state index contributed by atoms with van der Waals surface area (Å²) in [6.07, 6.45) is 3.26. The van der Waals surface area contributed by atoms with E-state index in [9.17, 15) is 9.59 Å². The summed E-state index contributed by atoms with van der Waals surface area (Å²) in [5.41, 5.74) is 1.98. The molecule has 0 atom stereocenters. The molecular weight excluding hydrogens is 223 g/mol. The van der Waals surface area contributed by atoms with Crippen LogP contribution in [0.5, 0.6) is 0 Å². The first-order valence-corrected chi connectivity index (χ1v) is 4.13. The number of nitrogens with one attached hydrogen (secondary N) is 1. The normalized spacial score (nSPS) is 8.46. The van der Waals surface area contributed by atoms with Crippen LogP contribution in [0, 0.1) is 0 Å². The number of amides is 1. The Balaban J connectivity index is 0. The van der Waals surface area contributed by atoms with Crippen LogP contribution in [0.4, 0.5) is 0 Å². The summed E-state index contributed by atoms with van der Waals surface area (Å²) in [6, 6.07) is 0. The minimum Gasteiger partial charge on any atom is -0.341 e. The minimum atomic E-state index is -0.376. The molecule has 4 nitrogen and oxygen atoms in total. The van der Waals surface area contributed by atoms with Gasteiger partial charge in [0.05, 0.1) is 0 Å². The Morgan fingerprint density at radius 3 is 2.38 bits per heavy atom. The van der Waals surface area contributed by atoms with Crippen molar-refractivity contribution >= 4 is 11.9 Å². The number of hydrogen-bond acceptors (Lipinski definition) is 3.